The second-order valence-corrected chi connectivity index (χ2v) is 9.64. The fraction of sp³-hybridized carbons (Fsp3) is 0.280. The van der Waals surface area contributed by atoms with Gasteiger partial charge >= 0.3 is 0 Å². The Morgan fingerprint density at radius 2 is 1.07 bits per heavy atom. The van der Waals surface area contributed by atoms with Crippen molar-refractivity contribution in [1.29, 1.82) is 0 Å². The lowest BCUT2D eigenvalue weighted by atomic mass is 9.78. The van der Waals surface area contributed by atoms with Crippen molar-refractivity contribution in [1.82, 2.24) is 0 Å². The van der Waals surface area contributed by atoms with Crippen molar-refractivity contribution < 1.29 is 18.2 Å². The molecule has 158 valence electrons. The molecule has 0 N–H and O–H groups in total. The number of hydrogen-bond donors (Lipinski definition) is 0. The van der Waals surface area contributed by atoms with Crippen LogP contribution in [0.2, 0.25) is 0 Å². The topological polar surface area (TPSA) is 58.6 Å². The van der Waals surface area contributed by atoms with E-state index in [1.807, 2.05) is 45.0 Å². The summed E-state index contributed by atoms with van der Waals surface area (Å²) in [5, 5.41) is 0. The van der Waals surface area contributed by atoms with Crippen molar-refractivity contribution in [2.24, 2.45) is 0 Å². The normalized spacial score (nSPS) is 13.0. The molecule has 0 radical (unpaired) electrons. The zero-order valence-electron chi connectivity index (χ0n) is 18.0. The lowest BCUT2D eigenvalue weighted by Crippen LogP contribution is -2.23. The highest BCUT2D eigenvalue weighted by molar-refractivity contribution is 7.79. The fourth-order valence-corrected chi connectivity index (χ4v) is 3.51. The molecule has 0 aromatic heterocycles. The summed E-state index contributed by atoms with van der Waals surface area (Å²) < 4.78 is 33.6. The minimum absolute atomic E-state index is 0.182. The van der Waals surface area contributed by atoms with Gasteiger partial charge in [0.1, 0.15) is 22.8 Å². The SMILES string of the molecule is CC(C)(C)Oc1ccc(C(C)(C)c2ccc(Oc3ccc(S(=O)[O-])cc3)cc2)cc1. The molecule has 0 aliphatic carbocycles. The molecule has 5 heteroatoms. The molecule has 3 aromatic carbocycles. The lowest BCUT2D eigenvalue weighted by molar-refractivity contribution is 0.131. The van der Waals surface area contributed by atoms with Gasteiger partial charge in [-0.3, -0.25) is 4.21 Å². The maximum Gasteiger partial charge on any atom is 0.127 e. The maximum atomic E-state index is 11.0. The Balaban J connectivity index is 1.73. The fourth-order valence-electron chi connectivity index (χ4n) is 3.15. The van der Waals surface area contributed by atoms with Gasteiger partial charge in [0.25, 0.3) is 0 Å². The van der Waals surface area contributed by atoms with Crippen LogP contribution in [0, 0.1) is 0 Å². The Morgan fingerprint density at radius 1 is 0.667 bits per heavy atom. The summed E-state index contributed by atoms with van der Waals surface area (Å²) in [7, 11) is 0. The predicted molar refractivity (Wildman–Crippen MR) is 119 cm³/mol. The average Bonchev–Trinajstić information content (AvgIpc) is 2.68. The van der Waals surface area contributed by atoms with Crippen LogP contribution in [0.4, 0.5) is 0 Å². The van der Waals surface area contributed by atoms with Gasteiger partial charge in [0.15, 0.2) is 0 Å². The van der Waals surface area contributed by atoms with E-state index in [0.717, 1.165) is 11.3 Å². The zero-order chi connectivity index (χ0) is 21.9. The van der Waals surface area contributed by atoms with Crippen LogP contribution < -0.4 is 9.47 Å². The van der Waals surface area contributed by atoms with Crippen molar-refractivity contribution in [3.8, 4) is 17.2 Å². The first-order valence-corrected chi connectivity index (χ1v) is 10.9. The third-order valence-corrected chi connectivity index (χ3v) is 5.48. The first-order chi connectivity index (χ1) is 14.0. The quantitative estimate of drug-likeness (QED) is 0.442. The number of ether oxygens (including phenoxy) is 2. The molecule has 1 unspecified atom stereocenters. The second-order valence-electron chi connectivity index (χ2n) is 8.70. The molecule has 30 heavy (non-hydrogen) atoms. The van der Waals surface area contributed by atoms with Gasteiger partial charge in [0, 0.05) is 10.3 Å². The standard InChI is InChI=1S/C25H28O4S/c1-24(2,3)29-22-12-8-19(9-13-22)25(4,5)18-6-10-20(11-7-18)28-21-14-16-23(17-15-21)30(26)27/h6-17H,1-5H3,(H,26,27)/p-1. The molecule has 3 rings (SSSR count). The highest BCUT2D eigenvalue weighted by Crippen LogP contribution is 2.34. The number of hydrogen-bond acceptors (Lipinski definition) is 4. The van der Waals surface area contributed by atoms with E-state index in [9.17, 15) is 8.76 Å². The Morgan fingerprint density at radius 3 is 1.47 bits per heavy atom. The molecule has 0 fully saturated rings. The largest absolute Gasteiger partial charge is 0.768 e. The van der Waals surface area contributed by atoms with E-state index in [2.05, 4.69) is 38.1 Å². The van der Waals surface area contributed by atoms with Crippen molar-refractivity contribution in [2.45, 2.75) is 50.5 Å². The molecule has 3 aromatic rings. The summed E-state index contributed by atoms with van der Waals surface area (Å²) in [6, 6.07) is 22.5. The molecule has 0 saturated heterocycles. The first kappa shape index (κ1) is 22.1. The molecule has 0 bridgehead atoms. The second kappa shape index (κ2) is 8.62. The van der Waals surface area contributed by atoms with Gasteiger partial charge in [-0.2, -0.15) is 0 Å². The number of rotatable bonds is 6. The van der Waals surface area contributed by atoms with E-state index in [4.69, 9.17) is 9.47 Å². The summed E-state index contributed by atoms with van der Waals surface area (Å²) in [6.07, 6.45) is 0. The van der Waals surface area contributed by atoms with Gasteiger partial charge in [0.05, 0.1) is 0 Å². The smallest absolute Gasteiger partial charge is 0.127 e. The van der Waals surface area contributed by atoms with Crippen molar-refractivity contribution in [3.63, 3.8) is 0 Å². The Hall–Kier alpha value is -2.63. The predicted octanol–water partition coefficient (Wildman–Crippen LogP) is 6.22. The molecule has 0 heterocycles. The van der Waals surface area contributed by atoms with Crippen molar-refractivity contribution in [3.05, 3.63) is 83.9 Å². The molecule has 0 aliphatic rings. The molecular formula is C25H27O4S-. The molecule has 0 aliphatic heterocycles. The number of benzene rings is 3. The van der Waals surface area contributed by atoms with Crippen LogP contribution in [-0.2, 0) is 16.5 Å². The van der Waals surface area contributed by atoms with Crippen LogP contribution in [-0.4, -0.2) is 14.4 Å². The highest BCUT2D eigenvalue weighted by Gasteiger charge is 2.23. The molecule has 0 saturated carbocycles. The Kier molecular flexibility index (Phi) is 6.34. The van der Waals surface area contributed by atoms with Gasteiger partial charge in [-0.05, 0) is 91.5 Å². The van der Waals surface area contributed by atoms with Gasteiger partial charge in [-0.1, -0.05) is 38.1 Å². The van der Waals surface area contributed by atoms with Crippen molar-refractivity contribution in [2.75, 3.05) is 0 Å². The van der Waals surface area contributed by atoms with E-state index >= 15 is 0 Å². The summed E-state index contributed by atoms with van der Waals surface area (Å²) in [5.41, 5.74) is 1.95. The van der Waals surface area contributed by atoms with Crippen LogP contribution in [0.25, 0.3) is 0 Å². The minimum Gasteiger partial charge on any atom is -0.768 e. The average molecular weight is 424 g/mol. The summed E-state index contributed by atoms with van der Waals surface area (Å²) in [5.74, 6) is 2.14. The molecule has 4 nitrogen and oxygen atoms in total. The van der Waals surface area contributed by atoms with Crippen LogP contribution in [0.15, 0.2) is 77.7 Å². The van der Waals surface area contributed by atoms with E-state index in [0.29, 0.717) is 11.5 Å². The third kappa shape index (κ3) is 5.49. The van der Waals surface area contributed by atoms with E-state index < -0.39 is 11.1 Å². The van der Waals surface area contributed by atoms with E-state index in [1.165, 1.54) is 17.7 Å². The van der Waals surface area contributed by atoms with Gasteiger partial charge in [-0.15, -0.1) is 0 Å². The third-order valence-electron chi connectivity index (χ3n) is 4.83. The van der Waals surface area contributed by atoms with Crippen LogP contribution in [0.5, 0.6) is 17.2 Å². The summed E-state index contributed by atoms with van der Waals surface area (Å²) in [6.45, 7) is 10.5. The molecule has 0 amide bonds. The molecular weight excluding hydrogens is 396 g/mol. The lowest BCUT2D eigenvalue weighted by Gasteiger charge is -2.27. The van der Waals surface area contributed by atoms with E-state index in [-0.39, 0.29) is 15.9 Å². The van der Waals surface area contributed by atoms with Crippen LogP contribution in [0.3, 0.4) is 0 Å². The Bertz CT molecular complexity index is 999. The monoisotopic (exact) mass is 423 g/mol. The maximum absolute atomic E-state index is 11.0. The molecule has 0 spiro atoms. The van der Waals surface area contributed by atoms with E-state index in [1.54, 1.807) is 12.1 Å². The van der Waals surface area contributed by atoms with Gasteiger partial charge in [-0.25, -0.2) is 0 Å². The van der Waals surface area contributed by atoms with Crippen molar-refractivity contribution >= 4 is 11.1 Å². The zero-order valence-corrected chi connectivity index (χ0v) is 18.8. The Labute approximate surface area is 181 Å². The summed E-state index contributed by atoms with van der Waals surface area (Å²) >= 11 is -2.24. The van der Waals surface area contributed by atoms with Gasteiger partial charge in [0.2, 0.25) is 0 Å². The first-order valence-electron chi connectivity index (χ1n) is 9.82. The van der Waals surface area contributed by atoms with Gasteiger partial charge < -0.3 is 14.0 Å². The minimum atomic E-state index is -2.24. The highest BCUT2D eigenvalue weighted by atomic mass is 32.2. The van der Waals surface area contributed by atoms with Crippen LogP contribution in [0.1, 0.15) is 45.7 Å². The van der Waals surface area contributed by atoms with Crippen LogP contribution >= 0.6 is 0 Å². The molecule has 1 atom stereocenters. The summed E-state index contributed by atoms with van der Waals surface area (Å²) in [4.78, 5) is 0.235.